The first-order valence-electron chi connectivity index (χ1n) is 5.69. The Morgan fingerprint density at radius 3 is 2.41 bits per heavy atom. The summed E-state index contributed by atoms with van der Waals surface area (Å²) in [7, 11) is 3.10. The topological polar surface area (TPSA) is 66.4 Å². The van der Waals surface area contributed by atoms with Gasteiger partial charge in [-0.25, -0.2) is 0 Å². The summed E-state index contributed by atoms with van der Waals surface area (Å²) in [6.45, 7) is 3.89. The van der Waals surface area contributed by atoms with Gasteiger partial charge in [0.25, 0.3) is 0 Å². The largest absolute Gasteiger partial charge is 0.387 e. The predicted molar refractivity (Wildman–Crippen MR) is 57.4 cm³/mol. The van der Waals surface area contributed by atoms with Gasteiger partial charge in [-0.1, -0.05) is 0 Å². The minimum atomic E-state index is -0.784. The second kappa shape index (κ2) is 4.79. The molecular formula is C11H20O6. The fourth-order valence-electron chi connectivity index (χ4n) is 2.33. The number of hydrogen-bond acceptors (Lipinski definition) is 6. The summed E-state index contributed by atoms with van der Waals surface area (Å²) in [5, 5.41) is 10.2. The summed E-state index contributed by atoms with van der Waals surface area (Å²) in [6.07, 6.45) is -2.68. The van der Waals surface area contributed by atoms with Gasteiger partial charge in [0.15, 0.2) is 12.1 Å². The second-order valence-electron chi connectivity index (χ2n) is 4.79. The lowest BCUT2D eigenvalue weighted by Crippen LogP contribution is -2.57. The molecule has 0 bridgehead atoms. The molecule has 100 valence electrons. The summed E-state index contributed by atoms with van der Waals surface area (Å²) in [5.41, 5.74) is 0. The first-order valence-corrected chi connectivity index (χ1v) is 5.69. The zero-order chi connectivity index (χ0) is 12.6. The maximum atomic E-state index is 10.2. The Bertz CT molecular complexity index is 269. The minimum absolute atomic E-state index is 0.286. The van der Waals surface area contributed by atoms with Crippen molar-refractivity contribution in [2.75, 3.05) is 20.8 Å². The molecule has 6 nitrogen and oxygen atoms in total. The number of fused-ring (bicyclic) bond motifs is 1. The highest BCUT2D eigenvalue weighted by molar-refractivity contribution is 4.96. The van der Waals surface area contributed by atoms with Gasteiger partial charge in [-0.05, 0) is 13.8 Å². The second-order valence-corrected chi connectivity index (χ2v) is 4.79. The van der Waals surface area contributed by atoms with E-state index in [-0.39, 0.29) is 6.61 Å². The van der Waals surface area contributed by atoms with Crippen molar-refractivity contribution < 1.29 is 28.8 Å². The molecule has 0 spiro atoms. The van der Waals surface area contributed by atoms with Gasteiger partial charge >= 0.3 is 0 Å². The quantitative estimate of drug-likeness (QED) is 0.751. The molecule has 0 aliphatic carbocycles. The molecule has 17 heavy (non-hydrogen) atoms. The van der Waals surface area contributed by atoms with E-state index < -0.39 is 36.5 Å². The number of ether oxygens (including phenoxy) is 5. The first kappa shape index (κ1) is 13.2. The SMILES string of the molecule is COC[C@H]1O[C@H](OC)[C@H]2OC(C)(C)O[C@H]2[C@@H]1O. The number of rotatable bonds is 3. The summed E-state index contributed by atoms with van der Waals surface area (Å²) < 4.78 is 27.2. The van der Waals surface area contributed by atoms with E-state index in [1.807, 2.05) is 0 Å². The van der Waals surface area contributed by atoms with Crippen LogP contribution in [0.2, 0.25) is 0 Å². The lowest BCUT2D eigenvalue weighted by molar-refractivity contribution is -0.273. The van der Waals surface area contributed by atoms with Crippen LogP contribution >= 0.6 is 0 Å². The molecule has 0 unspecified atom stereocenters. The smallest absolute Gasteiger partial charge is 0.186 e. The Kier molecular flexibility index (Phi) is 3.72. The highest BCUT2D eigenvalue weighted by atomic mass is 16.8. The van der Waals surface area contributed by atoms with Crippen molar-refractivity contribution >= 4 is 0 Å². The fourth-order valence-corrected chi connectivity index (χ4v) is 2.33. The molecule has 5 atom stereocenters. The van der Waals surface area contributed by atoms with Gasteiger partial charge in [0.2, 0.25) is 0 Å². The van der Waals surface area contributed by atoms with Crippen LogP contribution in [0.1, 0.15) is 13.8 Å². The standard InChI is InChI=1S/C11H20O6/c1-11(2)16-8-7(12)6(5-13-3)15-10(14-4)9(8)17-11/h6-10,12H,5H2,1-4H3/t6-,7-,8+,9+,10+/m1/s1. The molecule has 2 aliphatic rings. The maximum Gasteiger partial charge on any atom is 0.186 e. The summed E-state index contributed by atoms with van der Waals surface area (Å²) >= 11 is 0. The van der Waals surface area contributed by atoms with Crippen LogP contribution in [0.5, 0.6) is 0 Å². The monoisotopic (exact) mass is 248 g/mol. The van der Waals surface area contributed by atoms with E-state index in [4.69, 9.17) is 23.7 Å². The molecule has 0 saturated carbocycles. The first-order chi connectivity index (χ1) is 7.98. The summed E-state index contributed by atoms with van der Waals surface area (Å²) in [5.74, 6) is -0.738. The molecule has 2 aliphatic heterocycles. The Labute approximate surface area is 101 Å². The Balaban J connectivity index is 2.14. The van der Waals surface area contributed by atoms with Crippen LogP contribution in [0.15, 0.2) is 0 Å². The van der Waals surface area contributed by atoms with Gasteiger partial charge < -0.3 is 28.8 Å². The van der Waals surface area contributed by atoms with Gasteiger partial charge in [0, 0.05) is 14.2 Å². The van der Waals surface area contributed by atoms with E-state index in [1.165, 1.54) is 7.11 Å². The lowest BCUT2D eigenvalue weighted by atomic mass is 9.99. The Hall–Kier alpha value is -0.240. The molecule has 2 fully saturated rings. The van der Waals surface area contributed by atoms with E-state index >= 15 is 0 Å². The summed E-state index contributed by atoms with van der Waals surface area (Å²) in [4.78, 5) is 0. The molecule has 0 aromatic carbocycles. The zero-order valence-electron chi connectivity index (χ0n) is 10.6. The average molecular weight is 248 g/mol. The van der Waals surface area contributed by atoms with Crippen molar-refractivity contribution in [1.82, 2.24) is 0 Å². The van der Waals surface area contributed by atoms with Crippen molar-refractivity contribution in [2.24, 2.45) is 0 Å². The average Bonchev–Trinajstić information content (AvgIpc) is 2.59. The number of methoxy groups -OCH3 is 2. The van der Waals surface area contributed by atoms with Crippen LogP contribution in [0.4, 0.5) is 0 Å². The highest BCUT2D eigenvalue weighted by Crippen LogP contribution is 2.37. The molecule has 2 rings (SSSR count). The molecule has 1 N–H and O–H groups in total. The minimum Gasteiger partial charge on any atom is -0.387 e. The third-order valence-electron chi connectivity index (χ3n) is 3.02. The predicted octanol–water partition coefficient (Wildman–Crippen LogP) is -0.115. The van der Waals surface area contributed by atoms with E-state index in [0.29, 0.717) is 0 Å². The maximum absolute atomic E-state index is 10.2. The van der Waals surface area contributed by atoms with Crippen molar-refractivity contribution in [3.63, 3.8) is 0 Å². The molecule has 0 aromatic rings. The van der Waals surface area contributed by atoms with E-state index in [9.17, 15) is 5.11 Å². The Morgan fingerprint density at radius 1 is 1.18 bits per heavy atom. The van der Waals surface area contributed by atoms with Gasteiger partial charge in [-0.3, -0.25) is 0 Å². The molecule has 2 heterocycles. The molecule has 6 heteroatoms. The van der Waals surface area contributed by atoms with Crippen LogP contribution in [0.3, 0.4) is 0 Å². The molecule has 0 aromatic heterocycles. The van der Waals surface area contributed by atoms with Crippen LogP contribution in [-0.2, 0) is 23.7 Å². The van der Waals surface area contributed by atoms with Crippen LogP contribution < -0.4 is 0 Å². The Morgan fingerprint density at radius 2 is 1.82 bits per heavy atom. The van der Waals surface area contributed by atoms with Crippen molar-refractivity contribution in [3.8, 4) is 0 Å². The van der Waals surface area contributed by atoms with Crippen LogP contribution in [0, 0.1) is 0 Å². The van der Waals surface area contributed by atoms with Gasteiger partial charge in [-0.15, -0.1) is 0 Å². The molecule has 0 radical (unpaired) electrons. The summed E-state index contributed by atoms with van der Waals surface area (Å²) in [6, 6.07) is 0. The normalized spacial score (nSPS) is 44.6. The number of aliphatic hydroxyl groups is 1. The van der Waals surface area contributed by atoms with Crippen molar-refractivity contribution in [2.45, 2.75) is 50.3 Å². The number of hydrogen-bond donors (Lipinski definition) is 1. The third kappa shape index (κ3) is 2.47. The number of aliphatic hydroxyl groups excluding tert-OH is 1. The van der Waals surface area contributed by atoms with Gasteiger partial charge in [0.1, 0.15) is 24.4 Å². The van der Waals surface area contributed by atoms with Crippen molar-refractivity contribution in [1.29, 1.82) is 0 Å². The molecule has 0 amide bonds. The third-order valence-corrected chi connectivity index (χ3v) is 3.02. The molecular weight excluding hydrogens is 228 g/mol. The fraction of sp³-hybridized carbons (Fsp3) is 1.00. The van der Waals surface area contributed by atoms with Gasteiger partial charge in [0.05, 0.1) is 6.61 Å². The van der Waals surface area contributed by atoms with E-state index in [0.717, 1.165) is 0 Å². The van der Waals surface area contributed by atoms with E-state index in [1.54, 1.807) is 21.0 Å². The van der Waals surface area contributed by atoms with Gasteiger partial charge in [-0.2, -0.15) is 0 Å². The molecule has 2 saturated heterocycles. The lowest BCUT2D eigenvalue weighted by Gasteiger charge is -2.38. The van der Waals surface area contributed by atoms with E-state index in [2.05, 4.69) is 0 Å². The van der Waals surface area contributed by atoms with Crippen molar-refractivity contribution in [3.05, 3.63) is 0 Å². The van der Waals surface area contributed by atoms with Crippen LogP contribution in [-0.4, -0.2) is 62.4 Å². The zero-order valence-corrected chi connectivity index (χ0v) is 10.6. The highest BCUT2D eigenvalue weighted by Gasteiger charge is 2.55. The van der Waals surface area contributed by atoms with Crippen LogP contribution in [0.25, 0.3) is 0 Å².